The molecule has 0 saturated heterocycles. The van der Waals surface area contributed by atoms with Crippen molar-refractivity contribution in [2.24, 2.45) is 5.14 Å². The Balaban J connectivity index is 2.67. The Kier molecular flexibility index (Phi) is 3.63. The number of hydrogen-bond acceptors (Lipinski definition) is 3. The average Bonchev–Trinajstić information content (AvgIpc) is 2.59. The Morgan fingerprint density at radius 3 is 2.33 bits per heavy atom. The van der Waals surface area contributed by atoms with Gasteiger partial charge in [-0.25, -0.2) is 14.0 Å². The minimum absolute atomic E-state index is 0.156. The molecule has 0 radical (unpaired) electrons. The maximum absolute atomic E-state index is 11.2. The number of hydrogen-bond donors (Lipinski definition) is 2. The minimum atomic E-state index is -1.71. The van der Waals surface area contributed by atoms with Crippen molar-refractivity contribution in [3.63, 3.8) is 0 Å². The number of halogens is 2. The molecule has 0 amide bonds. The Morgan fingerprint density at radius 1 is 1.33 bits per heavy atom. The zero-order valence-electron chi connectivity index (χ0n) is 9.35. The highest BCUT2D eigenvalue weighted by atomic mass is 35.5. The van der Waals surface area contributed by atoms with E-state index < -0.39 is 11.0 Å². The Hall–Kier alpha value is -1.08. The van der Waals surface area contributed by atoms with Crippen molar-refractivity contribution >= 4 is 40.0 Å². The van der Waals surface area contributed by atoms with Crippen LogP contribution in [0.25, 0.3) is 5.69 Å². The van der Waals surface area contributed by atoms with E-state index in [1.165, 1.54) is 10.9 Å². The monoisotopic (exact) mass is 304 g/mol. The second-order valence-electron chi connectivity index (χ2n) is 3.68. The van der Waals surface area contributed by atoms with Gasteiger partial charge in [-0.1, -0.05) is 23.2 Å². The van der Waals surface area contributed by atoms with Crippen molar-refractivity contribution in [3.05, 3.63) is 33.9 Å². The summed E-state index contributed by atoms with van der Waals surface area (Å²) in [5, 5.41) is 10.1. The largest absolute Gasteiger partial charge is 0.383 e. The standard InChI is InChI=1S/C10H10Cl2N4OS/c1-5-2-6(11)9(7(12)3-5)16-10(13)8(4-15-16)18(14)17/h2-4H,13-14H2,1H3. The molecule has 0 aliphatic carbocycles. The molecule has 2 aromatic rings. The molecule has 1 aromatic carbocycles. The van der Waals surface area contributed by atoms with Crippen LogP contribution in [-0.4, -0.2) is 14.0 Å². The summed E-state index contributed by atoms with van der Waals surface area (Å²) in [7, 11) is -1.71. The fourth-order valence-electron chi connectivity index (χ4n) is 1.57. The average molecular weight is 305 g/mol. The summed E-state index contributed by atoms with van der Waals surface area (Å²) >= 11 is 12.2. The van der Waals surface area contributed by atoms with Gasteiger partial charge in [-0.3, -0.25) is 0 Å². The lowest BCUT2D eigenvalue weighted by molar-refractivity contribution is 0.684. The zero-order chi connectivity index (χ0) is 13.4. The molecule has 18 heavy (non-hydrogen) atoms. The van der Waals surface area contributed by atoms with Crippen LogP contribution < -0.4 is 10.9 Å². The summed E-state index contributed by atoms with van der Waals surface area (Å²) in [6.07, 6.45) is 1.33. The van der Waals surface area contributed by atoms with E-state index in [0.717, 1.165) is 5.56 Å². The maximum atomic E-state index is 11.2. The van der Waals surface area contributed by atoms with Gasteiger partial charge < -0.3 is 5.73 Å². The normalized spacial score (nSPS) is 12.7. The van der Waals surface area contributed by atoms with Crippen LogP contribution in [0.2, 0.25) is 10.0 Å². The first-order valence-corrected chi connectivity index (χ1v) is 6.84. The van der Waals surface area contributed by atoms with E-state index >= 15 is 0 Å². The summed E-state index contributed by atoms with van der Waals surface area (Å²) in [5.74, 6) is 0.156. The van der Waals surface area contributed by atoms with Gasteiger partial charge in [0, 0.05) is 0 Å². The summed E-state index contributed by atoms with van der Waals surface area (Å²) in [6.45, 7) is 1.87. The molecular formula is C10H10Cl2N4OS. The van der Waals surface area contributed by atoms with Crippen molar-refractivity contribution in [1.82, 2.24) is 9.78 Å². The van der Waals surface area contributed by atoms with Crippen LogP contribution >= 0.6 is 23.2 Å². The fraction of sp³-hybridized carbons (Fsp3) is 0.100. The Morgan fingerprint density at radius 2 is 1.89 bits per heavy atom. The second-order valence-corrected chi connectivity index (χ2v) is 5.53. The van der Waals surface area contributed by atoms with Gasteiger partial charge in [0.15, 0.2) is 0 Å². The van der Waals surface area contributed by atoms with Crippen LogP contribution in [-0.2, 0) is 11.0 Å². The van der Waals surface area contributed by atoms with Gasteiger partial charge in [0.1, 0.15) is 27.4 Å². The lowest BCUT2D eigenvalue weighted by atomic mass is 10.2. The number of aromatic nitrogens is 2. The highest BCUT2D eigenvalue weighted by Crippen LogP contribution is 2.32. The number of anilines is 1. The smallest absolute Gasteiger partial charge is 0.145 e. The van der Waals surface area contributed by atoms with Crippen LogP contribution in [0.1, 0.15) is 5.56 Å². The number of nitrogen functional groups attached to an aromatic ring is 1. The van der Waals surface area contributed by atoms with Crippen LogP contribution in [0, 0.1) is 6.92 Å². The van der Waals surface area contributed by atoms with Crippen LogP contribution in [0.5, 0.6) is 0 Å². The molecule has 1 heterocycles. The van der Waals surface area contributed by atoms with E-state index in [4.69, 9.17) is 34.1 Å². The SMILES string of the molecule is Cc1cc(Cl)c(-n2ncc(S(N)=O)c2N)c(Cl)c1. The van der Waals surface area contributed by atoms with E-state index in [1.807, 2.05) is 6.92 Å². The number of nitrogens with zero attached hydrogens (tertiary/aromatic N) is 2. The number of nitrogens with two attached hydrogens (primary N) is 2. The molecule has 0 saturated carbocycles. The van der Waals surface area contributed by atoms with E-state index in [-0.39, 0.29) is 10.7 Å². The molecule has 96 valence electrons. The van der Waals surface area contributed by atoms with Gasteiger partial charge in [0.2, 0.25) is 0 Å². The van der Waals surface area contributed by atoms with E-state index in [9.17, 15) is 4.21 Å². The van der Waals surface area contributed by atoms with Crippen molar-refractivity contribution in [2.45, 2.75) is 11.8 Å². The topological polar surface area (TPSA) is 86.9 Å². The molecule has 4 N–H and O–H groups in total. The molecule has 1 unspecified atom stereocenters. The molecule has 1 aromatic heterocycles. The molecule has 1 atom stereocenters. The Labute approximate surface area is 116 Å². The number of rotatable bonds is 2. The van der Waals surface area contributed by atoms with Crippen molar-refractivity contribution in [3.8, 4) is 5.69 Å². The summed E-state index contributed by atoms with van der Waals surface area (Å²) in [6, 6.07) is 3.48. The highest BCUT2D eigenvalue weighted by molar-refractivity contribution is 7.82. The Bertz CT molecular complexity index is 618. The molecular weight excluding hydrogens is 295 g/mol. The van der Waals surface area contributed by atoms with Crippen molar-refractivity contribution < 1.29 is 4.21 Å². The molecule has 0 fully saturated rings. The molecule has 0 spiro atoms. The van der Waals surface area contributed by atoms with Gasteiger partial charge in [-0.05, 0) is 24.6 Å². The first kappa shape index (κ1) is 13.4. The molecule has 2 rings (SSSR count). The predicted molar refractivity (Wildman–Crippen MR) is 73.3 cm³/mol. The summed E-state index contributed by atoms with van der Waals surface area (Å²) in [4.78, 5) is 0.239. The van der Waals surface area contributed by atoms with Crippen LogP contribution in [0.15, 0.2) is 23.2 Å². The van der Waals surface area contributed by atoms with Gasteiger partial charge in [-0.15, -0.1) is 0 Å². The summed E-state index contributed by atoms with van der Waals surface area (Å²) < 4.78 is 12.5. The zero-order valence-corrected chi connectivity index (χ0v) is 11.7. The lowest BCUT2D eigenvalue weighted by Gasteiger charge is -2.10. The van der Waals surface area contributed by atoms with Gasteiger partial charge in [0.05, 0.1) is 16.2 Å². The third-order valence-corrected chi connectivity index (χ3v) is 3.69. The minimum Gasteiger partial charge on any atom is -0.383 e. The van der Waals surface area contributed by atoms with Gasteiger partial charge in [0.25, 0.3) is 0 Å². The third kappa shape index (κ3) is 2.24. The second kappa shape index (κ2) is 4.89. The van der Waals surface area contributed by atoms with E-state index in [1.54, 1.807) is 12.1 Å². The molecule has 0 bridgehead atoms. The number of aryl methyl sites for hydroxylation is 1. The van der Waals surface area contributed by atoms with Gasteiger partial charge in [-0.2, -0.15) is 5.10 Å². The molecule has 0 aliphatic rings. The van der Waals surface area contributed by atoms with Crippen molar-refractivity contribution in [2.75, 3.05) is 5.73 Å². The third-order valence-electron chi connectivity index (χ3n) is 2.36. The molecule has 5 nitrogen and oxygen atoms in total. The van der Waals surface area contributed by atoms with E-state index in [0.29, 0.717) is 15.7 Å². The number of benzene rings is 1. The first-order valence-electron chi connectivity index (χ1n) is 4.87. The van der Waals surface area contributed by atoms with Crippen LogP contribution in [0.4, 0.5) is 5.82 Å². The van der Waals surface area contributed by atoms with E-state index in [2.05, 4.69) is 5.10 Å². The molecule has 8 heteroatoms. The highest BCUT2D eigenvalue weighted by Gasteiger charge is 2.17. The quantitative estimate of drug-likeness (QED) is 0.890. The predicted octanol–water partition coefficient (Wildman–Crippen LogP) is 2.05. The maximum Gasteiger partial charge on any atom is 0.145 e. The molecule has 0 aliphatic heterocycles. The van der Waals surface area contributed by atoms with Crippen LogP contribution in [0.3, 0.4) is 0 Å². The first-order chi connectivity index (χ1) is 8.41. The van der Waals surface area contributed by atoms with Gasteiger partial charge >= 0.3 is 0 Å². The fourth-order valence-corrected chi connectivity index (χ4v) is 2.77. The van der Waals surface area contributed by atoms with Crippen molar-refractivity contribution in [1.29, 1.82) is 0 Å². The summed E-state index contributed by atoms with van der Waals surface area (Å²) in [5.41, 5.74) is 7.18. The lowest BCUT2D eigenvalue weighted by Crippen LogP contribution is -2.08.